The number of hydrogen-bond donors (Lipinski definition) is 2. The fourth-order valence-corrected chi connectivity index (χ4v) is 2.19. The van der Waals surface area contributed by atoms with Gasteiger partial charge in [0.05, 0.1) is 18.4 Å². The average molecular weight is 324 g/mol. The number of carboxylic acid groups (broad SMARTS) is 1. The Labute approximate surface area is 119 Å². The van der Waals surface area contributed by atoms with E-state index in [-0.39, 0.29) is 5.56 Å². The molecule has 0 atom stereocenters. The second-order valence-corrected chi connectivity index (χ2v) is 5.12. The van der Waals surface area contributed by atoms with E-state index < -0.39 is 5.97 Å². The van der Waals surface area contributed by atoms with Crippen LogP contribution in [0.2, 0.25) is 0 Å². The molecule has 0 bridgehead atoms. The third-order valence-electron chi connectivity index (χ3n) is 2.86. The largest absolute Gasteiger partial charge is 0.478 e. The molecule has 0 aliphatic carbocycles. The van der Waals surface area contributed by atoms with Gasteiger partial charge >= 0.3 is 5.97 Å². The smallest absolute Gasteiger partial charge is 0.339 e. The number of aromatic nitrogens is 2. The van der Waals surface area contributed by atoms with Gasteiger partial charge in [0.25, 0.3) is 0 Å². The Morgan fingerprint density at radius 3 is 2.95 bits per heavy atom. The van der Waals surface area contributed by atoms with E-state index in [0.717, 1.165) is 15.7 Å². The number of nitrogens with one attached hydrogen (secondary N) is 1. The molecule has 2 N–H and O–H groups in total. The minimum atomic E-state index is -0.965. The van der Waals surface area contributed by atoms with E-state index in [1.807, 2.05) is 25.1 Å². The van der Waals surface area contributed by atoms with Gasteiger partial charge in [-0.05, 0) is 40.5 Å². The number of carboxylic acids is 1. The number of benzene rings is 1. The molecule has 100 valence electrons. The highest BCUT2D eigenvalue weighted by atomic mass is 79.9. The third kappa shape index (κ3) is 2.96. The summed E-state index contributed by atoms with van der Waals surface area (Å²) in [6.45, 7) is 2.41. The van der Waals surface area contributed by atoms with Crippen LogP contribution in [-0.4, -0.2) is 20.9 Å². The monoisotopic (exact) mass is 323 g/mol. The second kappa shape index (κ2) is 5.44. The van der Waals surface area contributed by atoms with Gasteiger partial charge in [-0.25, -0.2) is 4.79 Å². The Morgan fingerprint density at radius 1 is 1.53 bits per heavy atom. The normalized spacial score (nSPS) is 10.5. The van der Waals surface area contributed by atoms with Gasteiger partial charge in [-0.1, -0.05) is 6.07 Å². The van der Waals surface area contributed by atoms with E-state index in [9.17, 15) is 4.79 Å². The van der Waals surface area contributed by atoms with Crippen molar-refractivity contribution in [3.8, 4) is 0 Å². The van der Waals surface area contributed by atoms with Crippen LogP contribution < -0.4 is 5.32 Å². The number of halogens is 1. The van der Waals surface area contributed by atoms with Crippen molar-refractivity contribution in [1.82, 2.24) is 9.78 Å². The molecule has 5 nitrogen and oxygen atoms in total. The number of anilines is 1. The Hall–Kier alpha value is -1.82. The lowest BCUT2D eigenvalue weighted by Gasteiger charge is -2.10. The number of hydrogen-bond acceptors (Lipinski definition) is 3. The second-order valence-electron chi connectivity index (χ2n) is 4.27. The molecule has 0 radical (unpaired) electrons. The Morgan fingerprint density at radius 2 is 2.26 bits per heavy atom. The Bertz CT molecular complexity index is 622. The zero-order chi connectivity index (χ0) is 14.0. The van der Waals surface area contributed by atoms with Gasteiger partial charge in [0.15, 0.2) is 0 Å². The molecule has 0 unspecified atom stereocenters. The van der Waals surface area contributed by atoms with Crippen LogP contribution in [-0.2, 0) is 13.6 Å². The maximum Gasteiger partial charge on any atom is 0.339 e. The van der Waals surface area contributed by atoms with Gasteiger partial charge < -0.3 is 10.4 Å². The van der Waals surface area contributed by atoms with Crippen LogP contribution in [0.15, 0.2) is 28.9 Å². The summed E-state index contributed by atoms with van der Waals surface area (Å²) >= 11 is 3.46. The van der Waals surface area contributed by atoms with E-state index in [2.05, 4.69) is 26.3 Å². The van der Waals surface area contributed by atoms with Gasteiger partial charge in [-0.2, -0.15) is 5.10 Å². The molecule has 0 saturated carbocycles. The van der Waals surface area contributed by atoms with Crippen LogP contribution in [0.5, 0.6) is 0 Å². The van der Waals surface area contributed by atoms with E-state index >= 15 is 0 Å². The first kappa shape index (κ1) is 13.6. The standard InChI is InChI=1S/C13H14BrN3O2/c1-8-3-4-10(14)11(5-8)15-7-12-9(13(18)19)6-16-17(12)2/h3-6,15H,7H2,1-2H3,(H,18,19). The van der Waals surface area contributed by atoms with Crippen molar-refractivity contribution in [1.29, 1.82) is 0 Å². The van der Waals surface area contributed by atoms with Gasteiger partial charge in [-0.3, -0.25) is 4.68 Å². The van der Waals surface area contributed by atoms with E-state index in [1.54, 1.807) is 11.7 Å². The average Bonchev–Trinajstić information content (AvgIpc) is 2.72. The Kier molecular flexibility index (Phi) is 3.90. The van der Waals surface area contributed by atoms with Crippen LogP contribution in [0.4, 0.5) is 5.69 Å². The van der Waals surface area contributed by atoms with Crippen molar-refractivity contribution in [2.45, 2.75) is 13.5 Å². The predicted molar refractivity (Wildman–Crippen MR) is 76.4 cm³/mol. The number of carbonyl (C=O) groups is 1. The molecule has 2 rings (SSSR count). The highest BCUT2D eigenvalue weighted by Gasteiger charge is 2.14. The molecule has 1 aromatic carbocycles. The van der Waals surface area contributed by atoms with Gasteiger partial charge in [-0.15, -0.1) is 0 Å². The molecule has 1 heterocycles. The predicted octanol–water partition coefficient (Wildman–Crippen LogP) is 2.80. The minimum Gasteiger partial charge on any atom is -0.478 e. The summed E-state index contributed by atoms with van der Waals surface area (Å²) in [4.78, 5) is 11.1. The minimum absolute atomic E-state index is 0.221. The molecular formula is C13H14BrN3O2. The van der Waals surface area contributed by atoms with E-state index in [0.29, 0.717) is 12.2 Å². The summed E-state index contributed by atoms with van der Waals surface area (Å²) in [5, 5.41) is 16.3. The van der Waals surface area contributed by atoms with Crippen molar-refractivity contribution in [3.63, 3.8) is 0 Å². The maximum absolute atomic E-state index is 11.1. The molecule has 0 fully saturated rings. The summed E-state index contributed by atoms with van der Waals surface area (Å²) in [6, 6.07) is 5.96. The lowest BCUT2D eigenvalue weighted by molar-refractivity contribution is 0.0695. The molecule has 0 amide bonds. The molecule has 1 aromatic heterocycles. The fourth-order valence-electron chi connectivity index (χ4n) is 1.80. The summed E-state index contributed by atoms with van der Waals surface area (Å²) in [5.74, 6) is -0.965. The SMILES string of the molecule is Cc1ccc(Br)c(NCc2c(C(=O)O)cnn2C)c1. The fraction of sp³-hybridized carbons (Fsp3) is 0.231. The van der Waals surface area contributed by atoms with Crippen molar-refractivity contribution in [3.05, 3.63) is 45.7 Å². The summed E-state index contributed by atoms with van der Waals surface area (Å²) in [5.41, 5.74) is 2.92. The highest BCUT2D eigenvalue weighted by molar-refractivity contribution is 9.10. The summed E-state index contributed by atoms with van der Waals surface area (Å²) < 4.78 is 2.51. The number of nitrogens with zero attached hydrogens (tertiary/aromatic N) is 2. The molecule has 6 heteroatoms. The number of aryl methyl sites for hydroxylation is 2. The van der Waals surface area contributed by atoms with Crippen molar-refractivity contribution in [2.24, 2.45) is 7.05 Å². The summed E-state index contributed by atoms with van der Waals surface area (Å²) in [6.07, 6.45) is 1.37. The van der Waals surface area contributed by atoms with Crippen LogP contribution in [0.1, 0.15) is 21.6 Å². The van der Waals surface area contributed by atoms with E-state index in [4.69, 9.17) is 5.11 Å². The zero-order valence-electron chi connectivity index (χ0n) is 10.6. The molecule has 19 heavy (non-hydrogen) atoms. The first-order valence-electron chi connectivity index (χ1n) is 5.73. The molecule has 0 saturated heterocycles. The van der Waals surface area contributed by atoms with Crippen LogP contribution >= 0.6 is 15.9 Å². The van der Waals surface area contributed by atoms with E-state index in [1.165, 1.54) is 6.20 Å². The lowest BCUT2D eigenvalue weighted by Crippen LogP contribution is -2.10. The summed E-state index contributed by atoms with van der Waals surface area (Å²) in [7, 11) is 1.73. The van der Waals surface area contributed by atoms with Crippen LogP contribution in [0, 0.1) is 6.92 Å². The first-order valence-corrected chi connectivity index (χ1v) is 6.52. The Balaban J connectivity index is 2.21. The number of aromatic carboxylic acids is 1. The highest BCUT2D eigenvalue weighted by Crippen LogP contribution is 2.24. The molecule has 0 aliphatic heterocycles. The van der Waals surface area contributed by atoms with Gasteiger partial charge in [0.1, 0.15) is 5.56 Å². The first-order chi connectivity index (χ1) is 8.99. The van der Waals surface area contributed by atoms with Crippen LogP contribution in [0.3, 0.4) is 0 Å². The van der Waals surface area contributed by atoms with Crippen molar-refractivity contribution in [2.75, 3.05) is 5.32 Å². The van der Waals surface area contributed by atoms with Crippen LogP contribution in [0.25, 0.3) is 0 Å². The quantitative estimate of drug-likeness (QED) is 0.907. The van der Waals surface area contributed by atoms with Gasteiger partial charge in [0.2, 0.25) is 0 Å². The number of rotatable bonds is 4. The topological polar surface area (TPSA) is 67.2 Å². The molecule has 0 aliphatic rings. The molecular weight excluding hydrogens is 310 g/mol. The molecule has 2 aromatic rings. The van der Waals surface area contributed by atoms with Crippen molar-refractivity contribution >= 4 is 27.6 Å². The maximum atomic E-state index is 11.1. The molecule has 0 spiro atoms. The third-order valence-corrected chi connectivity index (χ3v) is 3.55. The lowest BCUT2D eigenvalue weighted by atomic mass is 10.2. The van der Waals surface area contributed by atoms with Crippen molar-refractivity contribution < 1.29 is 9.90 Å². The zero-order valence-corrected chi connectivity index (χ0v) is 12.2. The van der Waals surface area contributed by atoms with Gasteiger partial charge in [0, 0.05) is 17.2 Å².